The molecule has 0 spiro atoms. The van der Waals surface area contributed by atoms with E-state index in [1.54, 1.807) is 20.8 Å². The van der Waals surface area contributed by atoms with Crippen LogP contribution in [0.5, 0.6) is 0 Å². The fraction of sp³-hybridized carbons (Fsp3) is 0.778. The molecule has 0 radical (unpaired) electrons. The zero-order chi connectivity index (χ0) is 29.7. The lowest BCUT2D eigenvalue weighted by Crippen LogP contribution is -2.59. The Morgan fingerprint density at radius 3 is 2.55 bits per heavy atom. The van der Waals surface area contributed by atoms with E-state index in [9.17, 15) is 27.6 Å². The quantitative estimate of drug-likeness (QED) is 0.347. The second-order valence-corrected chi connectivity index (χ2v) is 13.9. The predicted octanol–water partition coefficient (Wildman–Crippen LogP) is 1.87. The van der Waals surface area contributed by atoms with Gasteiger partial charge in [-0.05, 0) is 65.2 Å². The van der Waals surface area contributed by atoms with Crippen molar-refractivity contribution < 1.29 is 32.3 Å². The topological polar surface area (TPSA) is 163 Å². The molecule has 13 heteroatoms. The molecule has 1 saturated carbocycles. The molecule has 1 saturated heterocycles. The highest BCUT2D eigenvalue weighted by Gasteiger charge is 2.61. The summed E-state index contributed by atoms with van der Waals surface area (Å²) < 4.78 is 34.8. The molecule has 1 aliphatic carbocycles. The maximum atomic E-state index is 13.6. The molecule has 226 valence electrons. The van der Waals surface area contributed by atoms with Gasteiger partial charge in [0.1, 0.15) is 23.2 Å². The van der Waals surface area contributed by atoms with E-state index in [-0.39, 0.29) is 30.7 Å². The first kappa shape index (κ1) is 31.9. The van der Waals surface area contributed by atoms with Crippen molar-refractivity contribution in [2.75, 3.05) is 13.1 Å². The molecule has 0 aromatic rings. The Labute approximate surface area is 237 Å². The maximum Gasteiger partial charge on any atom is 0.408 e. The molecule has 4 amide bonds. The Kier molecular flexibility index (Phi) is 10.3. The highest BCUT2D eigenvalue weighted by atomic mass is 32.2. The van der Waals surface area contributed by atoms with Crippen LogP contribution >= 0.6 is 0 Å². The zero-order valence-electron chi connectivity index (χ0n) is 24.2. The minimum atomic E-state index is -4.12. The Balaban J connectivity index is 1.81. The van der Waals surface area contributed by atoms with Crippen molar-refractivity contribution in [2.24, 2.45) is 11.8 Å². The van der Waals surface area contributed by atoms with E-state index in [4.69, 9.17) is 4.74 Å². The zero-order valence-corrected chi connectivity index (χ0v) is 25.1. The molecule has 3 rings (SSSR count). The highest BCUT2D eigenvalue weighted by molar-refractivity contribution is 7.88. The standard InChI is InChI=1S/C27H45N5O7S/c1-18(2)17-28-40(37,38)31-24(35)27-16-19(27)12-9-7-6-8-10-13-20(29-25(36)39-26(3,4)5)23(34)32-15-11-14-21(32)22(33)30-27/h9,12,18-21,28H,6-8,10-11,13-17H2,1-5H3,(H,29,36)(H,30,33)(H,31,35)/b12-9-/t19-,20?,21-,27+/m0/s1. The van der Waals surface area contributed by atoms with Crippen LogP contribution in [0.3, 0.4) is 0 Å². The number of carbonyl (C=O) groups excluding carboxylic acids is 4. The van der Waals surface area contributed by atoms with Crippen LogP contribution in [-0.4, -0.2) is 73.4 Å². The van der Waals surface area contributed by atoms with Gasteiger partial charge < -0.3 is 20.3 Å². The minimum absolute atomic E-state index is 0.0408. The van der Waals surface area contributed by atoms with Gasteiger partial charge in [0.15, 0.2) is 0 Å². The maximum absolute atomic E-state index is 13.6. The number of rotatable bonds is 6. The normalized spacial score (nSPS) is 28.9. The third-order valence-corrected chi connectivity index (χ3v) is 8.24. The lowest BCUT2D eigenvalue weighted by atomic mass is 10.0. The van der Waals surface area contributed by atoms with Crippen molar-refractivity contribution in [1.29, 1.82) is 0 Å². The summed E-state index contributed by atoms with van der Waals surface area (Å²) in [6, 6.07) is -1.70. The molecule has 4 atom stereocenters. The Morgan fingerprint density at radius 2 is 1.88 bits per heavy atom. The number of allylic oxidation sites excluding steroid dienone is 1. The predicted molar refractivity (Wildman–Crippen MR) is 149 cm³/mol. The van der Waals surface area contributed by atoms with E-state index in [1.165, 1.54) is 4.90 Å². The van der Waals surface area contributed by atoms with Gasteiger partial charge in [0.2, 0.25) is 11.8 Å². The monoisotopic (exact) mass is 583 g/mol. The number of nitrogens with one attached hydrogen (secondary N) is 4. The molecule has 2 aliphatic heterocycles. The van der Waals surface area contributed by atoms with Gasteiger partial charge in [-0.3, -0.25) is 14.4 Å². The van der Waals surface area contributed by atoms with E-state index < -0.39 is 51.3 Å². The number of hydrogen-bond donors (Lipinski definition) is 4. The lowest BCUT2D eigenvalue weighted by molar-refractivity contribution is -0.141. The van der Waals surface area contributed by atoms with Gasteiger partial charge in [0.05, 0.1) is 0 Å². The number of amides is 4. The first-order chi connectivity index (χ1) is 18.6. The van der Waals surface area contributed by atoms with E-state index in [0.29, 0.717) is 32.2 Å². The number of fused-ring (bicyclic) bond motifs is 2. The molecule has 4 N–H and O–H groups in total. The van der Waals surface area contributed by atoms with E-state index in [2.05, 4.69) is 20.1 Å². The van der Waals surface area contributed by atoms with E-state index >= 15 is 0 Å². The van der Waals surface area contributed by atoms with Crippen molar-refractivity contribution in [3.63, 3.8) is 0 Å². The largest absolute Gasteiger partial charge is 0.444 e. The number of hydrogen-bond acceptors (Lipinski definition) is 7. The van der Waals surface area contributed by atoms with E-state index in [1.807, 2.05) is 26.0 Å². The van der Waals surface area contributed by atoms with Crippen LogP contribution < -0.4 is 20.1 Å². The third-order valence-electron chi connectivity index (χ3n) is 7.23. The number of carbonyl (C=O) groups is 4. The van der Waals surface area contributed by atoms with E-state index in [0.717, 1.165) is 19.3 Å². The molecule has 12 nitrogen and oxygen atoms in total. The number of ether oxygens (including phenoxy) is 1. The molecular weight excluding hydrogens is 538 g/mol. The van der Waals surface area contributed by atoms with Crippen LogP contribution in [0.1, 0.15) is 86.0 Å². The first-order valence-electron chi connectivity index (χ1n) is 14.2. The summed E-state index contributed by atoms with van der Waals surface area (Å²) in [4.78, 5) is 54.4. The Bertz CT molecular complexity index is 1100. The van der Waals surface area contributed by atoms with Crippen molar-refractivity contribution in [2.45, 2.75) is 109 Å². The average Bonchev–Trinajstić information content (AvgIpc) is 3.29. The fourth-order valence-electron chi connectivity index (χ4n) is 5.07. The van der Waals surface area contributed by atoms with Gasteiger partial charge in [0, 0.05) is 19.0 Å². The van der Waals surface area contributed by atoms with Gasteiger partial charge in [-0.1, -0.05) is 38.8 Å². The number of alkyl carbamates (subject to hydrolysis) is 1. The van der Waals surface area contributed by atoms with Crippen LogP contribution in [-0.2, 0) is 29.3 Å². The summed E-state index contributed by atoms with van der Waals surface area (Å²) in [6.07, 6.45) is 7.82. The first-order valence-corrected chi connectivity index (χ1v) is 15.7. The molecule has 1 unspecified atom stereocenters. The minimum Gasteiger partial charge on any atom is -0.444 e. The van der Waals surface area contributed by atoms with Gasteiger partial charge in [-0.2, -0.15) is 13.1 Å². The van der Waals surface area contributed by atoms with Crippen molar-refractivity contribution in [1.82, 2.24) is 25.0 Å². The smallest absolute Gasteiger partial charge is 0.408 e. The van der Waals surface area contributed by atoms with Crippen LogP contribution in [0.25, 0.3) is 0 Å². The molecule has 0 bridgehead atoms. The summed E-state index contributed by atoms with van der Waals surface area (Å²) in [5.41, 5.74) is -2.16. The summed E-state index contributed by atoms with van der Waals surface area (Å²) in [5.74, 6) is -2.03. The van der Waals surface area contributed by atoms with Crippen molar-refractivity contribution in [3.05, 3.63) is 12.2 Å². The Hall–Kier alpha value is -2.67. The average molecular weight is 584 g/mol. The summed E-state index contributed by atoms with van der Waals surface area (Å²) in [7, 11) is -4.12. The molecular formula is C27H45N5O7S. The lowest BCUT2D eigenvalue weighted by Gasteiger charge is -2.30. The molecule has 3 aliphatic rings. The Morgan fingerprint density at radius 1 is 1.15 bits per heavy atom. The summed E-state index contributed by atoms with van der Waals surface area (Å²) in [6.45, 7) is 9.38. The fourth-order valence-corrected chi connectivity index (χ4v) is 6.12. The molecule has 2 heterocycles. The van der Waals surface area contributed by atoms with Gasteiger partial charge in [-0.25, -0.2) is 9.52 Å². The molecule has 40 heavy (non-hydrogen) atoms. The van der Waals surface area contributed by atoms with Crippen molar-refractivity contribution >= 4 is 34.0 Å². The van der Waals surface area contributed by atoms with Crippen LogP contribution in [0.4, 0.5) is 4.79 Å². The summed E-state index contributed by atoms with van der Waals surface area (Å²) >= 11 is 0. The van der Waals surface area contributed by atoms with Gasteiger partial charge in [0.25, 0.3) is 5.91 Å². The third kappa shape index (κ3) is 8.66. The van der Waals surface area contributed by atoms with Crippen LogP contribution in [0, 0.1) is 11.8 Å². The van der Waals surface area contributed by atoms with Crippen LogP contribution in [0.2, 0.25) is 0 Å². The molecule has 0 aromatic carbocycles. The SMILES string of the molecule is CC(C)CNS(=O)(=O)NC(=O)[C@@]12C[C@@H]1/C=C\CCCCCC(NC(=O)OC(C)(C)C)C(=O)N1CCC[C@H]1C(=O)N2. The second-order valence-electron chi connectivity index (χ2n) is 12.4. The van der Waals surface area contributed by atoms with Gasteiger partial charge >= 0.3 is 16.3 Å². The van der Waals surface area contributed by atoms with Crippen LogP contribution in [0.15, 0.2) is 12.2 Å². The highest BCUT2D eigenvalue weighted by Crippen LogP contribution is 2.45. The molecule has 2 fully saturated rings. The molecule has 0 aromatic heterocycles. The van der Waals surface area contributed by atoms with Gasteiger partial charge in [-0.15, -0.1) is 0 Å². The second kappa shape index (κ2) is 12.9. The van der Waals surface area contributed by atoms with Crippen molar-refractivity contribution in [3.8, 4) is 0 Å². The summed E-state index contributed by atoms with van der Waals surface area (Å²) in [5, 5.41) is 5.50. The number of nitrogens with zero attached hydrogens (tertiary/aromatic N) is 1.